The van der Waals surface area contributed by atoms with Crippen molar-refractivity contribution in [3.63, 3.8) is 0 Å². The van der Waals surface area contributed by atoms with Crippen molar-refractivity contribution >= 4 is 0 Å². The van der Waals surface area contributed by atoms with E-state index in [1.165, 1.54) is 6.26 Å². The fraction of sp³-hybridized carbons (Fsp3) is 0.556. The molecular formula is C9H12O3. The maximum absolute atomic E-state index is 9.56. The van der Waals surface area contributed by atoms with E-state index in [-0.39, 0.29) is 0 Å². The van der Waals surface area contributed by atoms with Crippen LogP contribution in [0.2, 0.25) is 0 Å². The van der Waals surface area contributed by atoms with E-state index >= 15 is 0 Å². The second kappa shape index (κ2) is 2.61. The largest absolute Gasteiger partial charge is 0.497 e. The van der Waals surface area contributed by atoms with Gasteiger partial charge in [0, 0.05) is 12.0 Å². The van der Waals surface area contributed by atoms with E-state index in [1.807, 2.05) is 0 Å². The average molecular weight is 168 g/mol. The van der Waals surface area contributed by atoms with Gasteiger partial charge in [-0.2, -0.15) is 0 Å². The van der Waals surface area contributed by atoms with Gasteiger partial charge < -0.3 is 14.9 Å². The highest BCUT2D eigenvalue weighted by Gasteiger charge is 2.33. The molecule has 0 aromatic rings. The number of ether oxygens (including phenoxy) is 1. The van der Waals surface area contributed by atoms with E-state index in [9.17, 15) is 10.2 Å². The van der Waals surface area contributed by atoms with Gasteiger partial charge in [0.15, 0.2) is 5.79 Å². The standard InChI is InChI=1S/C9H12O3/c10-9(11)4-1-2-7-6-12-5-3-8(7)9/h3,5,10-11H,1-2,4,6H2. The molecule has 3 nitrogen and oxygen atoms in total. The molecule has 2 rings (SSSR count). The predicted molar refractivity (Wildman–Crippen MR) is 43.1 cm³/mol. The third-order valence-electron chi connectivity index (χ3n) is 2.40. The number of hydrogen-bond donors (Lipinski definition) is 2. The second-order valence-electron chi connectivity index (χ2n) is 3.30. The summed E-state index contributed by atoms with van der Waals surface area (Å²) in [6.07, 6.45) is 5.34. The highest BCUT2D eigenvalue weighted by Crippen LogP contribution is 2.34. The zero-order valence-corrected chi connectivity index (χ0v) is 6.79. The van der Waals surface area contributed by atoms with Gasteiger partial charge in [-0.15, -0.1) is 0 Å². The smallest absolute Gasteiger partial charge is 0.189 e. The molecule has 0 amide bonds. The van der Waals surface area contributed by atoms with Crippen LogP contribution < -0.4 is 0 Å². The van der Waals surface area contributed by atoms with Crippen molar-refractivity contribution in [1.82, 2.24) is 0 Å². The summed E-state index contributed by atoms with van der Waals surface area (Å²) in [5, 5.41) is 19.1. The molecule has 0 spiro atoms. The maximum Gasteiger partial charge on any atom is 0.189 e. The minimum Gasteiger partial charge on any atom is -0.497 e. The number of rotatable bonds is 0. The molecule has 0 aromatic carbocycles. The van der Waals surface area contributed by atoms with Crippen LogP contribution in [0.25, 0.3) is 0 Å². The number of aliphatic hydroxyl groups is 2. The molecule has 0 saturated heterocycles. The van der Waals surface area contributed by atoms with Crippen LogP contribution in [-0.2, 0) is 4.74 Å². The van der Waals surface area contributed by atoms with Gasteiger partial charge in [0.25, 0.3) is 0 Å². The lowest BCUT2D eigenvalue weighted by Crippen LogP contribution is -2.35. The Balaban J connectivity index is 2.37. The lowest BCUT2D eigenvalue weighted by Gasteiger charge is -2.32. The first-order chi connectivity index (χ1) is 5.70. The summed E-state index contributed by atoms with van der Waals surface area (Å²) in [5.41, 5.74) is 1.66. The van der Waals surface area contributed by atoms with Crippen molar-refractivity contribution in [2.45, 2.75) is 25.0 Å². The molecule has 0 bridgehead atoms. The summed E-state index contributed by atoms with van der Waals surface area (Å²) < 4.78 is 5.07. The van der Waals surface area contributed by atoms with E-state index < -0.39 is 5.79 Å². The molecule has 2 aliphatic rings. The van der Waals surface area contributed by atoms with Crippen molar-refractivity contribution in [3.05, 3.63) is 23.5 Å². The van der Waals surface area contributed by atoms with Crippen LogP contribution in [-0.4, -0.2) is 22.6 Å². The third kappa shape index (κ3) is 1.15. The Labute approximate surface area is 71.0 Å². The highest BCUT2D eigenvalue weighted by atomic mass is 16.5. The van der Waals surface area contributed by atoms with Crippen molar-refractivity contribution in [3.8, 4) is 0 Å². The van der Waals surface area contributed by atoms with Crippen LogP contribution in [0, 0.1) is 0 Å². The van der Waals surface area contributed by atoms with Gasteiger partial charge in [-0.25, -0.2) is 0 Å². The summed E-state index contributed by atoms with van der Waals surface area (Å²) in [4.78, 5) is 0. The zero-order valence-electron chi connectivity index (χ0n) is 6.79. The lowest BCUT2D eigenvalue weighted by molar-refractivity contribution is -0.136. The molecule has 0 radical (unpaired) electrons. The lowest BCUT2D eigenvalue weighted by atomic mass is 9.86. The van der Waals surface area contributed by atoms with Crippen molar-refractivity contribution in [1.29, 1.82) is 0 Å². The Morgan fingerprint density at radius 1 is 1.42 bits per heavy atom. The van der Waals surface area contributed by atoms with Crippen LogP contribution in [0.1, 0.15) is 19.3 Å². The second-order valence-corrected chi connectivity index (χ2v) is 3.30. The van der Waals surface area contributed by atoms with Gasteiger partial charge in [0.1, 0.15) is 6.61 Å². The summed E-state index contributed by atoms with van der Waals surface area (Å²) in [7, 11) is 0. The van der Waals surface area contributed by atoms with Crippen LogP contribution in [0.5, 0.6) is 0 Å². The van der Waals surface area contributed by atoms with E-state index in [2.05, 4.69) is 0 Å². The van der Waals surface area contributed by atoms with Crippen LogP contribution >= 0.6 is 0 Å². The minimum absolute atomic E-state index is 0.427. The Kier molecular flexibility index (Phi) is 1.70. The quantitative estimate of drug-likeness (QED) is 0.523. The van der Waals surface area contributed by atoms with E-state index in [0.717, 1.165) is 18.4 Å². The van der Waals surface area contributed by atoms with E-state index in [4.69, 9.17) is 4.74 Å². The average Bonchev–Trinajstić information content (AvgIpc) is 2.04. The maximum atomic E-state index is 9.56. The van der Waals surface area contributed by atoms with Crippen molar-refractivity contribution in [2.24, 2.45) is 0 Å². The summed E-state index contributed by atoms with van der Waals surface area (Å²) in [6, 6.07) is 0. The number of hydrogen-bond acceptors (Lipinski definition) is 3. The van der Waals surface area contributed by atoms with Gasteiger partial charge in [-0.1, -0.05) is 0 Å². The Morgan fingerprint density at radius 3 is 3.00 bits per heavy atom. The van der Waals surface area contributed by atoms with Gasteiger partial charge in [0.2, 0.25) is 0 Å². The first kappa shape index (κ1) is 7.83. The minimum atomic E-state index is -1.62. The Morgan fingerprint density at radius 2 is 2.25 bits per heavy atom. The normalized spacial score (nSPS) is 26.5. The summed E-state index contributed by atoms with van der Waals surface area (Å²) in [5.74, 6) is -1.62. The molecule has 0 unspecified atom stereocenters. The molecule has 2 N–H and O–H groups in total. The van der Waals surface area contributed by atoms with Crippen LogP contribution in [0.3, 0.4) is 0 Å². The molecule has 3 heteroatoms. The SMILES string of the molecule is OC1(O)CCCC2=C1C=COC2. The van der Waals surface area contributed by atoms with Crippen LogP contribution in [0.15, 0.2) is 23.5 Å². The monoisotopic (exact) mass is 168 g/mol. The molecule has 0 aromatic heterocycles. The summed E-state index contributed by atoms with van der Waals surface area (Å²) in [6.45, 7) is 0.509. The fourth-order valence-electron chi connectivity index (χ4n) is 1.77. The molecule has 1 aliphatic carbocycles. The molecule has 0 atom stereocenters. The van der Waals surface area contributed by atoms with Crippen molar-refractivity contribution in [2.75, 3.05) is 6.61 Å². The molecule has 12 heavy (non-hydrogen) atoms. The van der Waals surface area contributed by atoms with Crippen molar-refractivity contribution < 1.29 is 14.9 Å². The Hall–Kier alpha value is -0.800. The predicted octanol–water partition coefficient (Wildman–Crippen LogP) is 0.692. The zero-order chi connectivity index (χ0) is 8.60. The Bertz CT molecular complexity index is 250. The van der Waals surface area contributed by atoms with E-state index in [0.29, 0.717) is 18.6 Å². The third-order valence-corrected chi connectivity index (χ3v) is 2.40. The molecule has 1 aliphatic heterocycles. The topological polar surface area (TPSA) is 49.7 Å². The van der Waals surface area contributed by atoms with Gasteiger partial charge in [0.05, 0.1) is 6.26 Å². The fourth-order valence-corrected chi connectivity index (χ4v) is 1.77. The first-order valence-corrected chi connectivity index (χ1v) is 4.15. The van der Waals surface area contributed by atoms with Gasteiger partial charge >= 0.3 is 0 Å². The van der Waals surface area contributed by atoms with Gasteiger partial charge in [-0.05, 0) is 24.5 Å². The van der Waals surface area contributed by atoms with Gasteiger partial charge in [-0.3, -0.25) is 0 Å². The molecule has 0 saturated carbocycles. The first-order valence-electron chi connectivity index (χ1n) is 4.15. The van der Waals surface area contributed by atoms with E-state index in [1.54, 1.807) is 6.08 Å². The van der Waals surface area contributed by atoms with Crippen LogP contribution in [0.4, 0.5) is 0 Å². The molecule has 1 heterocycles. The highest BCUT2D eigenvalue weighted by molar-refractivity contribution is 5.35. The molecule has 0 fully saturated rings. The summed E-state index contributed by atoms with van der Waals surface area (Å²) >= 11 is 0. The molecule has 66 valence electrons. The molecular weight excluding hydrogens is 156 g/mol.